The van der Waals surface area contributed by atoms with E-state index in [1.807, 2.05) is 43.0 Å². The number of aromatic nitrogens is 4. The van der Waals surface area contributed by atoms with Crippen LogP contribution in [-0.4, -0.2) is 36.7 Å². The fraction of sp³-hybridized carbons (Fsp3) is 0. The van der Waals surface area contributed by atoms with Crippen LogP contribution in [0.3, 0.4) is 0 Å². The fourth-order valence-electron chi connectivity index (χ4n) is 3.61. The summed E-state index contributed by atoms with van der Waals surface area (Å²) in [5, 5.41) is 19.9. The van der Waals surface area contributed by atoms with E-state index in [-0.39, 0.29) is 0 Å². The molecule has 3 aromatic carbocycles. The highest BCUT2D eigenvalue weighted by atomic mass is 79.9. The number of rotatable bonds is 2. The van der Waals surface area contributed by atoms with E-state index < -0.39 is 7.12 Å². The van der Waals surface area contributed by atoms with E-state index in [1.54, 1.807) is 12.1 Å². The number of benzene rings is 3. The standard InChI is InChI=1S/C15H10BrN3.C8H8BNO2/c16-11-1-3-14-15(8-11)19(9-18-14)12-2-4-13-10(7-12)5-6-17-13;11-9(12)7-1-2-8-6(5-7)3-4-10-8/h1-9,17H;1-5,10-12H. The van der Waals surface area contributed by atoms with Gasteiger partial charge in [0.2, 0.25) is 0 Å². The summed E-state index contributed by atoms with van der Waals surface area (Å²) in [4.78, 5) is 10.7. The van der Waals surface area contributed by atoms with Gasteiger partial charge in [-0.3, -0.25) is 4.57 Å². The molecule has 6 rings (SSSR count). The molecule has 0 spiro atoms. The van der Waals surface area contributed by atoms with Crippen molar-refractivity contribution in [3.63, 3.8) is 0 Å². The summed E-state index contributed by atoms with van der Waals surface area (Å²) in [6.45, 7) is 0. The molecule has 0 bridgehead atoms. The Morgan fingerprint density at radius 1 is 0.806 bits per heavy atom. The lowest BCUT2D eigenvalue weighted by atomic mass is 9.80. The van der Waals surface area contributed by atoms with Gasteiger partial charge in [-0.15, -0.1) is 0 Å². The minimum Gasteiger partial charge on any atom is -0.423 e. The van der Waals surface area contributed by atoms with Crippen LogP contribution < -0.4 is 5.46 Å². The van der Waals surface area contributed by atoms with Gasteiger partial charge in [-0.05, 0) is 65.4 Å². The molecule has 0 aliphatic heterocycles. The lowest BCUT2D eigenvalue weighted by molar-refractivity contribution is 0.426. The van der Waals surface area contributed by atoms with E-state index in [0.717, 1.165) is 37.6 Å². The Labute approximate surface area is 186 Å². The molecular weight excluding hydrogens is 455 g/mol. The fourth-order valence-corrected chi connectivity index (χ4v) is 3.96. The molecule has 0 radical (unpaired) electrons. The van der Waals surface area contributed by atoms with E-state index in [4.69, 9.17) is 10.0 Å². The van der Waals surface area contributed by atoms with Gasteiger partial charge in [-0.2, -0.15) is 0 Å². The van der Waals surface area contributed by atoms with Crippen molar-refractivity contribution in [2.24, 2.45) is 0 Å². The molecule has 3 aromatic heterocycles. The molecule has 0 unspecified atom stereocenters. The summed E-state index contributed by atoms with van der Waals surface area (Å²) in [6, 6.07) is 21.7. The second-order valence-corrected chi connectivity index (χ2v) is 8.11. The molecule has 6 aromatic rings. The number of hydrogen-bond donors (Lipinski definition) is 4. The van der Waals surface area contributed by atoms with Gasteiger partial charge in [0.05, 0.1) is 11.0 Å². The van der Waals surface area contributed by atoms with Crippen molar-refractivity contribution in [2.75, 3.05) is 0 Å². The van der Waals surface area contributed by atoms with Crippen molar-refractivity contribution >= 4 is 61.4 Å². The van der Waals surface area contributed by atoms with Crippen LogP contribution in [0.25, 0.3) is 38.5 Å². The smallest absolute Gasteiger partial charge is 0.423 e. The van der Waals surface area contributed by atoms with Gasteiger partial charge >= 0.3 is 7.12 Å². The third kappa shape index (κ3) is 3.88. The predicted octanol–water partition coefficient (Wildman–Crippen LogP) is 4.12. The number of nitrogens with zero attached hydrogens (tertiary/aromatic N) is 2. The summed E-state index contributed by atoms with van der Waals surface area (Å²) in [6.07, 6.45) is 5.64. The van der Waals surface area contributed by atoms with E-state index in [1.165, 1.54) is 5.39 Å². The van der Waals surface area contributed by atoms with Gasteiger partial charge in [-0.1, -0.05) is 28.1 Å². The molecule has 6 nitrogen and oxygen atoms in total. The summed E-state index contributed by atoms with van der Waals surface area (Å²) in [7, 11) is -1.38. The predicted molar refractivity (Wildman–Crippen MR) is 129 cm³/mol. The van der Waals surface area contributed by atoms with Crippen LogP contribution in [0, 0.1) is 0 Å². The van der Waals surface area contributed by atoms with Crippen LogP contribution in [0.15, 0.2) is 89.9 Å². The summed E-state index contributed by atoms with van der Waals surface area (Å²) >= 11 is 3.51. The summed E-state index contributed by atoms with van der Waals surface area (Å²) in [5.41, 5.74) is 5.88. The molecule has 152 valence electrons. The molecule has 0 saturated carbocycles. The van der Waals surface area contributed by atoms with Crippen LogP contribution in [0.4, 0.5) is 0 Å². The van der Waals surface area contributed by atoms with Crippen LogP contribution in [0.2, 0.25) is 0 Å². The Bertz CT molecular complexity index is 1500. The largest absolute Gasteiger partial charge is 0.488 e. The van der Waals surface area contributed by atoms with Gasteiger partial charge in [0.15, 0.2) is 0 Å². The second-order valence-electron chi connectivity index (χ2n) is 7.19. The highest BCUT2D eigenvalue weighted by Crippen LogP contribution is 2.24. The van der Waals surface area contributed by atoms with Crippen LogP contribution >= 0.6 is 15.9 Å². The zero-order chi connectivity index (χ0) is 21.4. The Hall–Kier alpha value is -3.33. The van der Waals surface area contributed by atoms with Gasteiger partial charge in [0, 0.05) is 39.0 Å². The van der Waals surface area contributed by atoms with Crippen molar-refractivity contribution in [3.05, 3.63) is 89.9 Å². The highest BCUT2D eigenvalue weighted by Gasteiger charge is 2.10. The second kappa shape index (κ2) is 8.07. The summed E-state index contributed by atoms with van der Waals surface area (Å²) < 4.78 is 3.16. The van der Waals surface area contributed by atoms with Crippen LogP contribution in [0.5, 0.6) is 0 Å². The Morgan fingerprint density at radius 2 is 1.52 bits per heavy atom. The van der Waals surface area contributed by atoms with Crippen LogP contribution in [0.1, 0.15) is 0 Å². The average Bonchev–Trinajstić information content (AvgIpc) is 3.51. The number of nitrogens with one attached hydrogen (secondary N) is 2. The quantitative estimate of drug-likeness (QED) is 0.286. The van der Waals surface area contributed by atoms with Crippen molar-refractivity contribution in [2.45, 2.75) is 0 Å². The van der Waals surface area contributed by atoms with Gasteiger partial charge < -0.3 is 20.0 Å². The Balaban J connectivity index is 0.000000147. The molecular formula is C23H18BBrN4O2. The minimum absolute atomic E-state index is 0.516. The first-order valence-corrected chi connectivity index (χ1v) is 10.5. The maximum absolute atomic E-state index is 8.87. The lowest BCUT2D eigenvalue weighted by Crippen LogP contribution is -2.29. The number of halogens is 1. The van der Waals surface area contributed by atoms with Crippen molar-refractivity contribution in [1.82, 2.24) is 19.5 Å². The van der Waals surface area contributed by atoms with E-state index in [0.29, 0.717) is 5.46 Å². The zero-order valence-corrected chi connectivity index (χ0v) is 17.9. The molecule has 8 heteroatoms. The van der Waals surface area contributed by atoms with Gasteiger partial charge in [0.1, 0.15) is 6.33 Å². The number of hydrogen-bond acceptors (Lipinski definition) is 3. The molecule has 0 atom stereocenters. The van der Waals surface area contributed by atoms with Crippen LogP contribution in [-0.2, 0) is 0 Å². The Morgan fingerprint density at radius 3 is 2.26 bits per heavy atom. The highest BCUT2D eigenvalue weighted by molar-refractivity contribution is 9.10. The maximum atomic E-state index is 8.87. The first-order chi connectivity index (χ1) is 15.1. The topological polar surface area (TPSA) is 89.9 Å². The molecule has 0 aliphatic rings. The number of H-pyrrole nitrogens is 2. The third-order valence-electron chi connectivity index (χ3n) is 5.20. The molecule has 4 N–H and O–H groups in total. The monoisotopic (exact) mass is 472 g/mol. The SMILES string of the molecule is Brc1ccc2ncn(-c3ccc4[nH]ccc4c3)c2c1.OB(O)c1ccc2[nH]ccc2c1. The zero-order valence-electron chi connectivity index (χ0n) is 16.3. The lowest BCUT2D eigenvalue weighted by Gasteiger charge is -2.04. The number of imidazole rings is 1. The minimum atomic E-state index is -1.38. The molecule has 3 heterocycles. The van der Waals surface area contributed by atoms with E-state index in [9.17, 15) is 0 Å². The van der Waals surface area contributed by atoms with Gasteiger partial charge in [-0.25, -0.2) is 4.98 Å². The number of fused-ring (bicyclic) bond motifs is 3. The Kier molecular flexibility index (Phi) is 5.11. The molecule has 0 saturated heterocycles. The first kappa shape index (κ1) is 19.6. The molecule has 31 heavy (non-hydrogen) atoms. The van der Waals surface area contributed by atoms with E-state index >= 15 is 0 Å². The van der Waals surface area contributed by atoms with E-state index in [2.05, 4.69) is 65.8 Å². The third-order valence-corrected chi connectivity index (χ3v) is 5.69. The first-order valence-electron chi connectivity index (χ1n) is 9.72. The molecule has 0 fully saturated rings. The molecule has 0 amide bonds. The number of aromatic amines is 2. The van der Waals surface area contributed by atoms with Gasteiger partial charge in [0.25, 0.3) is 0 Å². The van der Waals surface area contributed by atoms with Crippen molar-refractivity contribution < 1.29 is 10.0 Å². The summed E-state index contributed by atoms with van der Waals surface area (Å²) in [5.74, 6) is 0. The molecule has 0 aliphatic carbocycles. The van der Waals surface area contributed by atoms with Crippen molar-refractivity contribution in [1.29, 1.82) is 0 Å². The maximum Gasteiger partial charge on any atom is 0.488 e. The average molecular weight is 473 g/mol. The van der Waals surface area contributed by atoms with Crippen molar-refractivity contribution in [3.8, 4) is 5.69 Å². The normalized spacial score (nSPS) is 11.1.